The van der Waals surface area contributed by atoms with Gasteiger partial charge in [-0.05, 0) is 0 Å². The van der Waals surface area contributed by atoms with Gasteiger partial charge >= 0.3 is 0 Å². The van der Waals surface area contributed by atoms with Crippen molar-refractivity contribution in [1.29, 1.82) is 0 Å². The lowest BCUT2D eigenvalue weighted by Crippen LogP contribution is -2.50. The second-order valence-electron chi connectivity index (χ2n) is 2.85. The van der Waals surface area contributed by atoms with E-state index in [-0.39, 0.29) is 0 Å². The molecule has 0 aliphatic rings. The molecule has 0 saturated heterocycles. The average Bonchev–Trinajstić information content (AvgIpc) is 2.23. The van der Waals surface area contributed by atoms with Crippen LogP contribution in [0.3, 0.4) is 0 Å². The lowest BCUT2D eigenvalue weighted by atomic mass is 10.0. The van der Waals surface area contributed by atoms with Crippen molar-refractivity contribution in [3.05, 3.63) is 0 Å². The molecule has 0 heterocycles. The Bertz CT molecular complexity index is 141. The minimum atomic E-state index is -1.81. The molecule has 0 bridgehead atoms. The number of aliphatic hydroxyl groups excluding tert-OH is 6. The molecule has 0 aromatic rings. The van der Waals surface area contributed by atoms with E-state index in [9.17, 15) is 5.11 Å². The van der Waals surface area contributed by atoms with E-state index in [1.807, 2.05) is 0 Å². The molecular weight excluding hydrogens is 195 g/mol. The number of hydrogen-bond donors (Lipinski definition) is 6. The maximum Gasteiger partial charge on any atom is 0.260 e. The van der Waals surface area contributed by atoms with Gasteiger partial charge in [0.15, 0.2) is 6.29 Å². The average molecular weight is 210 g/mol. The summed E-state index contributed by atoms with van der Waals surface area (Å²) in [5, 5.41) is 53.7. The third-order valence-corrected chi connectivity index (χ3v) is 1.81. The normalized spacial score (nSPS) is 22.4. The molecule has 0 aliphatic heterocycles. The number of aliphatic hydroxyl groups is 6. The molecule has 0 aromatic heterocycles. The van der Waals surface area contributed by atoms with E-state index in [1.165, 1.54) is 0 Å². The van der Waals surface area contributed by atoms with Gasteiger partial charge < -0.3 is 35.3 Å². The van der Waals surface area contributed by atoms with Crippen molar-refractivity contribution in [2.24, 2.45) is 0 Å². The highest BCUT2D eigenvalue weighted by Gasteiger charge is 2.33. The summed E-state index contributed by atoms with van der Waals surface area (Å²) in [6.45, 7) is -0.770. The second kappa shape index (κ2) is 6.30. The molecule has 0 amide bonds. The van der Waals surface area contributed by atoms with E-state index in [2.05, 4.69) is 4.65 Å². The Morgan fingerprint density at radius 3 is 1.79 bits per heavy atom. The SMILES string of the molecule is BOC(O)[C@H](O)[C@@H](O)[C@H](O)[C@H](O)CO. The van der Waals surface area contributed by atoms with Crippen LogP contribution in [0.4, 0.5) is 0 Å². The van der Waals surface area contributed by atoms with E-state index >= 15 is 0 Å². The minimum Gasteiger partial charge on any atom is -0.419 e. The minimum absolute atomic E-state index is 0.770. The van der Waals surface area contributed by atoms with Crippen molar-refractivity contribution in [2.45, 2.75) is 30.7 Å². The number of hydrogen-bond acceptors (Lipinski definition) is 7. The summed E-state index contributed by atoms with van der Waals surface area (Å²) in [5.41, 5.74) is 0. The summed E-state index contributed by atoms with van der Waals surface area (Å²) in [4.78, 5) is 0. The molecule has 6 N–H and O–H groups in total. The first-order valence-corrected chi connectivity index (χ1v) is 3.99. The van der Waals surface area contributed by atoms with Crippen molar-refractivity contribution < 1.29 is 35.3 Å². The summed E-state index contributed by atoms with van der Waals surface area (Å²) in [5.74, 6) is 0. The summed E-state index contributed by atoms with van der Waals surface area (Å²) in [6, 6.07) is 0. The lowest BCUT2D eigenvalue weighted by molar-refractivity contribution is -0.180. The van der Waals surface area contributed by atoms with Crippen LogP contribution in [0.15, 0.2) is 0 Å². The van der Waals surface area contributed by atoms with Crippen LogP contribution in [-0.2, 0) is 4.65 Å². The Morgan fingerprint density at radius 2 is 1.43 bits per heavy atom. The van der Waals surface area contributed by atoms with Crippen LogP contribution in [0.25, 0.3) is 0 Å². The number of rotatable bonds is 6. The standard InChI is InChI=1S/C6H15BO7/c7-14-6(13)5(12)4(11)3(10)2(9)1-8/h2-6,8-13H,1,7H2/t2-,3-,4+,5-,6?/m1/s1. The van der Waals surface area contributed by atoms with E-state index < -0.39 is 37.3 Å². The summed E-state index contributed by atoms with van der Waals surface area (Å²) >= 11 is 0. The van der Waals surface area contributed by atoms with Crippen LogP contribution in [0.5, 0.6) is 0 Å². The molecule has 5 atom stereocenters. The van der Waals surface area contributed by atoms with Crippen molar-refractivity contribution in [1.82, 2.24) is 0 Å². The van der Waals surface area contributed by atoms with E-state index in [1.54, 1.807) is 0 Å². The Morgan fingerprint density at radius 1 is 0.929 bits per heavy atom. The van der Waals surface area contributed by atoms with E-state index in [0.29, 0.717) is 0 Å². The van der Waals surface area contributed by atoms with Crippen LogP contribution >= 0.6 is 0 Å². The first-order chi connectivity index (χ1) is 6.45. The van der Waals surface area contributed by atoms with Gasteiger partial charge in [-0.2, -0.15) is 0 Å². The van der Waals surface area contributed by atoms with Gasteiger partial charge in [-0.25, -0.2) is 0 Å². The first-order valence-electron chi connectivity index (χ1n) is 3.99. The zero-order valence-electron chi connectivity index (χ0n) is 7.69. The quantitative estimate of drug-likeness (QED) is 0.192. The van der Waals surface area contributed by atoms with Gasteiger partial charge in [-0.3, -0.25) is 0 Å². The molecule has 84 valence electrons. The Balaban J connectivity index is 4.22. The molecule has 0 rings (SSSR count). The second-order valence-corrected chi connectivity index (χ2v) is 2.85. The van der Waals surface area contributed by atoms with Gasteiger partial charge in [0.1, 0.15) is 24.4 Å². The van der Waals surface area contributed by atoms with Crippen molar-refractivity contribution in [2.75, 3.05) is 6.61 Å². The van der Waals surface area contributed by atoms with Gasteiger partial charge in [0.25, 0.3) is 8.05 Å². The molecule has 14 heavy (non-hydrogen) atoms. The third-order valence-electron chi connectivity index (χ3n) is 1.81. The van der Waals surface area contributed by atoms with Crippen molar-refractivity contribution >= 4 is 8.05 Å². The summed E-state index contributed by atoms with van der Waals surface area (Å²) in [6.07, 6.45) is -8.61. The maximum absolute atomic E-state index is 9.18. The van der Waals surface area contributed by atoms with Gasteiger partial charge in [0.05, 0.1) is 6.61 Å². The van der Waals surface area contributed by atoms with Gasteiger partial charge in [-0.15, -0.1) is 0 Å². The zero-order chi connectivity index (χ0) is 11.3. The molecule has 0 aromatic carbocycles. The highest BCUT2D eigenvalue weighted by molar-refractivity contribution is 5.98. The largest absolute Gasteiger partial charge is 0.419 e. The highest BCUT2D eigenvalue weighted by Crippen LogP contribution is 2.08. The van der Waals surface area contributed by atoms with Gasteiger partial charge in [0, 0.05) is 0 Å². The van der Waals surface area contributed by atoms with Crippen molar-refractivity contribution in [3.8, 4) is 0 Å². The molecule has 8 heteroatoms. The molecule has 0 fully saturated rings. The molecule has 7 nitrogen and oxygen atoms in total. The topological polar surface area (TPSA) is 131 Å². The smallest absolute Gasteiger partial charge is 0.260 e. The Hall–Kier alpha value is -0.215. The molecule has 0 aliphatic carbocycles. The van der Waals surface area contributed by atoms with Crippen LogP contribution in [0.2, 0.25) is 0 Å². The van der Waals surface area contributed by atoms with Crippen molar-refractivity contribution in [3.63, 3.8) is 0 Å². The Kier molecular flexibility index (Phi) is 6.21. The van der Waals surface area contributed by atoms with Gasteiger partial charge in [-0.1, -0.05) is 0 Å². The summed E-state index contributed by atoms with van der Waals surface area (Å²) in [7, 11) is 1.09. The fraction of sp³-hybridized carbons (Fsp3) is 1.00. The van der Waals surface area contributed by atoms with Crippen LogP contribution in [0.1, 0.15) is 0 Å². The molecule has 0 radical (unpaired) electrons. The molecule has 1 unspecified atom stereocenters. The zero-order valence-corrected chi connectivity index (χ0v) is 7.69. The first kappa shape index (κ1) is 13.8. The molecular formula is C6H15BO7. The van der Waals surface area contributed by atoms with Gasteiger partial charge in [0.2, 0.25) is 0 Å². The predicted octanol–water partition coefficient (Wildman–Crippen LogP) is -4.69. The van der Waals surface area contributed by atoms with Crippen LogP contribution in [-0.4, -0.2) is 76.0 Å². The predicted molar refractivity (Wildman–Crippen MR) is 46.7 cm³/mol. The highest BCUT2D eigenvalue weighted by atomic mass is 16.6. The fourth-order valence-electron chi connectivity index (χ4n) is 0.846. The third kappa shape index (κ3) is 3.50. The summed E-state index contributed by atoms with van der Waals surface area (Å²) < 4.78 is 4.29. The van der Waals surface area contributed by atoms with E-state index in [0.717, 1.165) is 8.05 Å². The van der Waals surface area contributed by atoms with E-state index in [4.69, 9.17) is 25.5 Å². The lowest BCUT2D eigenvalue weighted by Gasteiger charge is -2.27. The Labute approximate surface area is 81.6 Å². The van der Waals surface area contributed by atoms with Crippen LogP contribution < -0.4 is 0 Å². The van der Waals surface area contributed by atoms with Crippen LogP contribution in [0, 0.1) is 0 Å². The fourth-order valence-corrected chi connectivity index (χ4v) is 0.846. The molecule has 0 spiro atoms. The monoisotopic (exact) mass is 210 g/mol. The molecule has 0 saturated carbocycles. The maximum atomic E-state index is 9.18.